The number of hydrogen-bond donors (Lipinski definition) is 1. The lowest BCUT2D eigenvalue weighted by Crippen LogP contribution is -2.13. The summed E-state index contributed by atoms with van der Waals surface area (Å²) in [5, 5.41) is 8.36. The molecular weight excluding hydrogens is 440 g/mol. The lowest BCUT2D eigenvalue weighted by atomic mass is 10.1. The molecule has 0 saturated heterocycles. The monoisotopic (exact) mass is 458 g/mol. The molecule has 0 aliphatic carbocycles. The smallest absolute Gasteiger partial charge is 0.276 e. The molecule has 0 radical (unpaired) electrons. The third kappa shape index (κ3) is 4.00. The maximum atomic E-state index is 13.0. The summed E-state index contributed by atoms with van der Waals surface area (Å²) in [4.78, 5) is 26.2. The first-order chi connectivity index (χ1) is 15.6. The molecule has 7 nitrogen and oxygen atoms in total. The average molecular weight is 459 g/mol. The van der Waals surface area contributed by atoms with Crippen LogP contribution in [0.1, 0.15) is 16.2 Å². The number of nitrogens with zero attached hydrogens (tertiary/aromatic N) is 5. The van der Waals surface area contributed by atoms with Gasteiger partial charge in [-0.15, -0.1) is 23.1 Å². The van der Waals surface area contributed by atoms with Crippen LogP contribution in [0, 0.1) is 6.92 Å². The zero-order valence-electron chi connectivity index (χ0n) is 17.3. The largest absolute Gasteiger partial charge is 0.319 e. The van der Waals surface area contributed by atoms with Crippen LogP contribution >= 0.6 is 23.1 Å². The van der Waals surface area contributed by atoms with Gasteiger partial charge in [-0.25, -0.2) is 19.6 Å². The topological polar surface area (TPSA) is 85.6 Å². The van der Waals surface area contributed by atoms with Crippen molar-refractivity contribution in [1.29, 1.82) is 0 Å². The van der Waals surface area contributed by atoms with Gasteiger partial charge in [0.25, 0.3) is 5.91 Å². The number of rotatable bonds is 5. The highest BCUT2D eigenvalue weighted by atomic mass is 32.2. The Morgan fingerprint density at radius 2 is 2.00 bits per heavy atom. The van der Waals surface area contributed by atoms with E-state index in [1.165, 1.54) is 0 Å². The Balaban J connectivity index is 1.56. The molecule has 0 aliphatic rings. The molecule has 0 unspecified atom stereocenters. The molecule has 9 heteroatoms. The van der Waals surface area contributed by atoms with Crippen LogP contribution in [0.25, 0.3) is 27.3 Å². The second-order valence-electron chi connectivity index (χ2n) is 7.04. The fraction of sp³-hybridized carbons (Fsp3) is 0.0870. The van der Waals surface area contributed by atoms with Crippen LogP contribution in [0.2, 0.25) is 0 Å². The summed E-state index contributed by atoms with van der Waals surface area (Å²) in [6.45, 7) is 1.93. The minimum Gasteiger partial charge on any atom is -0.319 e. The van der Waals surface area contributed by atoms with Crippen LogP contribution in [0.4, 0.5) is 5.69 Å². The Bertz CT molecular complexity index is 1420. The first-order valence-corrected chi connectivity index (χ1v) is 11.9. The molecule has 1 N–H and O–H groups in total. The highest BCUT2D eigenvalue weighted by Crippen LogP contribution is 2.29. The van der Waals surface area contributed by atoms with Gasteiger partial charge in [-0.05, 0) is 55.6 Å². The molecule has 4 heterocycles. The molecule has 0 saturated carbocycles. The standard InChI is InChI=1S/C23H18N6OS2/c1-14-4-3-5-21(26-14)29-19(15-6-8-17-20(10-15)32-13-25-17)11-18(28-29)23(30)27-16-7-9-22(31-2)24-12-16/h3-13H,1-2H3,(H,27,30). The maximum absolute atomic E-state index is 13.0. The van der Waals surface area contributed by atoms with Gasteiger partial charge >= 0.3 is 0 Å². The Hall–Kier alpha value is -3.56. The SMILES string of the molecule is CSc1ccc(NC(=O)c2cc(-c3ccc4ncsc4c3)n(-c3cccc(C)n3)n2)cn1. The molecule has 32 heavy (non-hydrogen) atoms. The van der Waals surface area contributed by atoms with Crippen molar-refractivity contribution >= 4 is 44.9 Å². The van der Waals surface area contributed by atoms with Gasteiger partial charge in [0.05, 0.1) is 38.3 Å². The average Bonchev–Trinajstić information content (AvgIpc) is 3.46. The lowest BCUT2D eigenvalue weighted by molar-refractivity contribution is 0.102. The van der Waals surface area contributed by atoms with E-state index in [0.717, 1.165) is 32.2 Å². The van der Waals surface area contributed by atoms with Crippen molar-refractivity contribution in [1.82, 2.24) is 24.7 Å². The normalized spacial score (nSPS) is 11.1. The van der Waals surface area contributed by atoms with E-state index in [1.807, 2.05) is 61.2 Å². The third-order valence-corrected chi connectivity index (χ3v) is 6.31. The number of hydrogen-bond acceptors (Lipinski definition) is 7. The first-order valence-electron chi connectivity index (χ1n) is 9.80. The zero-order chi connectivity index (χ0) is 22.1. The Morgan fingerprint density at radius 1 is 1.09 bits per heavy atom. The first kappa shape index (κ1) is 20.3. The van der Waals surface area contributed by atoms with Crippen LogP contribution in [-0.2, 0) is 0 Å². The van der Waals surface area contributed by atoms with Crippen molar-refractivity contribution in [3.05, 3.63) is 77.7 Å². The van der Waals surface area contributed by atoms with Gasteiger partial charge in [-0.2, -0.15) is 5.10 Å². The lowest BCUT2D eigenvalue weighted by Gasteiger charge is -2.07. The van der Waals surface area contributed by atoms with Gasteiger partial charge in [0.1, 0.15) is 0 Å². The second kappa shape index (κ2) is 8.52. The molecule has 1 amide bonds. The molecule has 5 rings (SSSR count). The molecule has 4 aromatic heterocycles. The number of anilines is 1. The number of fused-ring (bicyclic) bond motifs is 1. The van der Waals surface area contributed by atoms with E-state index >= 15 is 0 Å². The number of carbonyl (C=O) groups excluding carboxylic acids is 1. The van der Waals surface area contributed by atoms with Gasteiger partial charge in [0.15, 0.2) is 11.5 Å². The van der Waals surface area contributed by atoms with Crippen LogP contribution in [0.5, 0.6) is 0 Å². The van der Waals surface area contributed by atoms with Crippen molar-refractivity contribution in [3.8, 4) is 17.1 Å². The van der Waals surface area contributed by atoms with E-state index in [4.69, 9.17) is 0 Å². The summed E-state index contributed by atoms with van der Waals surface area (Å²) in [7, 11) is 0. The highest BCUT2D eigenvalue weighted by molar-refractivity contribution is 7.98. The summed E-state index contributed by atoms with van der Waals surface area (Å²) in [6.07, 6.45) is 3.60. The molecule has 0 bridgehead atoms. The number of benzene rings is 1. The molecule has 0 spiro atoms. The van der Waals surface area contributed by atoms with E-state index in [9.17, 15) is 4.79 Å². The quantitative estimate of drug-likeness (QED) is 0.363. The van der Waals surface area contributed by atoms with Gasteiger partial charge in [-0.1, -0.05) is 12.1 Å². The van der Waals surface area contributed by atoms with Crippen molar-refractivity contribution in [2.45, 2.75) is 11.9 Å². The van der Waals surface area contributed by atoms with Crippen molar-refractivity contribution in [2.24, 2.45) is 0 Å². The molecule has 0 aliphatic heterocycles. The summed E-state index contributed by atoms with van der Waals surface area (Å²) in [5.74, 6) is 0.338. The number of pyridine rings is 2. The number of aromatic nitrogens is 5. The van der Waals surface area contributed by atoms with E-state index in [-0.39, 0.29) is 5.91 Å². The number of aryl methyl sites for hydroxylation is 1. The molecule has 1 aromatic carbocycles. The van der Waals surface area contributed by atoms with Crippen LogP contribution in [0.3, 0.4) is 0 Å². The maximum Gasteiger partial charge on any atom is 0.276 e. The van der Waals surface area contributed by atoms with E-state index in [2.05, 4.69) is 31.4 Å². The minimum atomic E-state index is -0.310. The van der Waals surface area contributed by atoms with Crippen LogP contribution < -0.4 is 5.32 Å². The van der Waals surface area contributed by atoms with Crippen LogP contribution in [-0.4, -0.2) is 36.9 Å². The van der Waals surface area contributed by atoms with Gasteiger partial charge in [-0.3, -0.25) is 4.79 Å². The predicted molar refractivity (Wildman–Crippen MR) is 129 cm³/mol. The number of carbonyl (C=O) groups is 1. The van der Waals surface area contributed by atoms with Crippen molar-refractivity contribution in [2.75, 3.05) is 11.6 Å². The number of thioether (sulfide) groups is 1. The zero-order valence-corrected chi connectivity index (χ0v) is 18.9. The Labute approximate surface area is 192 Å². The number of amides is 1. The third-order valence-electron chi connectivity index (χ3n) is 4.86. The van der Waals surface area contributed by atoms with Crippen LogP contribution in [0.15, 0.2) is 71.3 Å². The second-order valence-corrected chi connectivity index (χ2v) is 8.75. The fourth-order valence-electron chi connectivity index (χ4n) is 3.30. The van der Waals surface area contributed by atoms with Crippen molar-refractivity contribution in [3.63, 3.8) is 0 Å². The number of nitrogens with one attached hydrogen (secondary N) is 1. The molecular formula is C23H18N6OS2. The van der Waals surface area contributed by atoms with E-state index in [0.29, 0.717) is 17.2 Å². The van der Waals surface area contributed by atoms with Gasteiger partial charge in [0, 0.05) is 11.3 Å². The van der Waals surface area contributed by atoms with E-state index < -0.39 is 0 Å². The number of thiazole rings is 1. The molecule has 0 fully saturated rings. The van der Waals surface area contributed by atoms with Crippen molar-refractivity contribution < 1.29 is 4.79 Å². The van der Waals surface area contributed by atoms with Gasteiger partial charge < -0.3 is 5.32 Å². The summed E-state index contributed by atoms with van der Waals surface area (Å²) in [6, 6.07) is 17.2. The van der Waals surface area contributed by atoms with Gasteiger partial charge in [0.2, 0.25) is 0 Å². The molecule has 5 aromatic rings. The summed E-state index contributed by atoms with van der Waals surface area (Å²) < 4.78 is 2.78. The Kier molecular flexibility index (Phi) is 5.42. The predicted octanol–water partition coefficient (Wildman–Crippen LogP) is 5.22. The summed E-state index contributed by atoms with van der Waals surface area (Å²) in [5.41, 5.74) is 6.25. The fourth-order valence-corrected chi connectivity index (χ4v) is 4.38. The summed E-state index contributed by atoms with van der Waals surface area (Å²) >= 11 is 3.12. The molecule has 0 atom stereocenters. The minimum absolute atomic E-state index is 0.293. The molecule has 158 valence electrons. The Morgan fingerprint density at radius 3 is 2.78 bits per heavy atom. The highest BCUT2D eigenvalue weighted by Gasteiger charge is 2.18. The van der Waals surface area contributed by atoms with E-state index in [1.54, 1.807) is 40.0 Å².